The molecule has 1 fully saturated rings. The van der Waals surface area contributed by atoms with Crippen molar-refractivity contribution >= 4 is 11.9 Å². The maximum atomic E-state index is 13.0. The van der Waals surface area contributed by atoms with Gasteiger partial charge >= 0.3 is 5.97 Å². The van der Waals surface area contributed by atoms with E-state index in [0.717, 1.165) is 12.8 Å². The minimum absolute atomic E-state index is 0.106. The van der Waals surface area contributed by atoms with Crippen molar-refractivity contribution in [2.75, 3.05) is 6.61 Å². The van der Waals surface area contributed by atoms with E-state index in [1.807, 2.05) is 0 Å². The summed E-state index contributed by atoms with van der Waals surface area (Å²) in [6.07, 6.45) is 2.84. The standard InChI is InChI=1S/C19H20FNO4/c1-2-24-18(23)19(11-3-4-12-19)21-17(22)16-10-9-15(25-16)13-5-7-14(20)8-6-13/h5-10H,2-4,11-12H2,1H3,(H,21,22). The molecule has 5 nitrogen and oxygen atoms in total. The highest BCUT2D eigenvalue weighted by atomic mass is 19.1. The molecule has 0 radical (unpaired) electrons. The molecule has 0 aliphatic heterocycles. The van der Waals surface area contributed by atoms with E-state index in [1.165, 1.54) is 12.1 Å². The Morgan fingerprint density at radius 3 is 2.48 bits per heavy atom. The largest absolute Gasteiger partial charge is 0.464 e. The lowest BCUT2D eigenvalue weighted by Gasteiger charge is -2.27. The molecule has 0 atom stereocenters. The first-order chi connectivity index (χ1) is 12.0. The van der Waals surface area contributed by atoms with Crippen LogP contribution >= 0.6 is 0 Å². The van der Waals surface area contributed by atoms with Gasteiger partial charge in [-0.3, -0.25) is 4.79 Å². The Morgan fingerprint density at radius 2 is 1.84 bits per heavy atom. The number of hydrogen-bond acceptors (Lipinski definition) is 4. The van der Waals surface area contributed by atoms with E-state index < -0.39 is 17.4 Å². The third-order valence-electron chi connectivity index (χ3n) is 4.43. The first-order valence-corrected chi connectivity index (χ1v) is 8.39. The van der Waals surface area contributed by atoms with Crippen LogP contribution in [0.1, 0.15) is 43.2 Å². The van der Waals surface area contributed by atoms with E-state index in [4.69, 9.17) is 9.15 Å². The molecular weight excluding hydrogens is 325 g/mol. The molecule has 3 rings (SSSR count). The Kier molecular flexibility index (Phi) is 4.88. The van der Waals surface area contributed by atoms with Crippen LogP contribution in [-0.2, 0) is 9.53 Å². The summed E-state index contributed by atoms with van der Waals surface area (Å²) in [6.45, 7) is 2.01. The monoisotopic (exact) mass is 345 g/mol. The average molecular weight is 345 g/mol. The molecule has 25 heavy (non-hydrogen) atoms. The molecule has 1 saturated carbocycles. The second-order valence-corrected chi connectivity index (χ2v) is 6.13. The third-order valence-corrected chi connectivity index (χ3v) is 4.43. The second-order valence-electron chi connectivity index (χ2n) is 6.13. The van der Waals surface area contributed by atoms with Gasteiger partial charge in [-0.2, -0.15) is 0 Å². The Morgan fingerprint density at radius 1 is 1.16 bits per heavy atom. The van der Waals surface area contributed by atoms with Gasteiger partial charge in [-0.05, 0) is 56.2 Å². The summed E-state index contributed by atoms with van der Waals surface area (Å²) in [7, 11) is 0. The summed E-state index contributed by atoms with van der Waals surface area (Å²) in [5, 5.41) is 2.80. The van der Waals surface area contributed by atoms with Crippen LogP contribution in [0.3, 0.4) is 0 Å². The molecule has 1 aliphatic rings. The normalized spacial score (nSPS) is 15.8. The number of ether oxygens (including phenoxy) is 1. The minimum Gasteiger partial charge on any atom is -0.464 e. The van der Waals surface area contributed by atoms with Crippen molar-refractivity contribution in [2.24, 2.45) is 0 Å². The van der Waals surface area contributed by atoms with E-state index in [9.17, 15) is 14.0 Å². The van der Waals surface area contributed by atoms with Crippen LogP contribution in [0.25, 0.3) is 11.3 Å². The molecule has 132 valence electrons. The third kappa shape index (κ3) is 3.57. The predicted octanol–water partition coefficient (Wildman–Crippen LogP) is 3.69. The van der Waals surface area contributed by atoms with Gasteiger partial charge in [0.1, 0.15) is 17.1 Å². The number of hydrogen-bond donors (Lipinski definition) is 1. The Balaban J connectivity index is 1.77. The van der Waals surface area contributed by atoms with E-state index in [0.29, 0.717) is 24.2 Å². The summed E-state index contributed by atoms with van der Waals surface area (Å²) in [4.78, 5) is 24.8. The molecule has 0 spiro atoms. The Labute approximate surface area is 145 Å². The van der Waals surface area contributed by atoms with Gasteiger partial charge in [-0.15, -0.1) is 0 Å². The molecule has 1 amide bonds. The van der Waals surface area contributed by atoms with Crippen LogP contribution in [0.2, 0.25) is 0 Å². The van der Waals surface area contributed by atoms with E-state index in [-0.39, 0.29) is 18.2 Å². The molecular formula is C19H20FNO4. The van der Waals surface area contributed by atoms with Gasteiger partial charge < -0.3 is 14.5 Å². The number of furan rings is 1. The van der Waals surface area contributed by atoms with Gasteiger partial charge in [0, 0.05) is 5.56 Å². The van der Waals surface area contributed by atoms with Crippen molar-refractivity contribution in [1.82, 2.24) is 5.32 Å². The van der Waals surface area contributed by atoms with Gasteiger partial charge in [0.2, 0.25) is 0 Å². The second kappa shape index (κ2) is 7.09. The Bertz CT molecular complexity index is 760. The topological polar surface area (TPSA) is 68.5 Å². The number of halogens is 1. The van der Waals surface area contributed by atoms with Crippen molar-refractivity contribution in [3.8, 4) is 11.3 Å². The summed E-state index contributed by atoms with van der Waals surface area (Å²) < 4.78 is 23.7. The first-order valence-electron chi connectivity index (χ1n) is 8.39. The molecule has 0 unspecified atom stereocenters. The number of carbonyl (C=O) groups is 2. The van der Waals surface area contributed by atoms with Crippen LogP contribution in [0.15, 0.2) is 40.8 Å². The summed E-state index contributed by atoms with van der Waals surface area (Å²) in [5.41, 5.74) is -0.308. The lowest BCUT2D eigenvalue weighted by atomic mass is 9.97. The molecule has 1 aromatic heterocycles. The zero-order valence-electron chi connectivity index (χ0n) is 14.0. The van der Waals surface area contributed by atoms with Crippen LogP contribution in [0, 0.1) is 5.82 Å². The number of nitrogens with one attached hydrogen (secondary N) is 1. The maximum Gasteiger partial charge on any atom is 0.331 e. The van der Waals surface area contributed by atoms with Crippen molar-refractivity contribution in [3.63, 3.8) is 0 Å². The molecule has 1 heterocycles. The number of amides is 1. The fourth-order valence-corrected chi connectivity index (χ4v) is 3.14. The van der Waals surface area contributed by atoms with Crippen LogP contribution in [0.4, 0.5) is 4.39 Å². The quantitative estimate of drug-likeness (QED) is 0.839. The number of carbonyl (C=O) groups excluding carboxylic acids is 2. The predicted molar refractivity (Wildman–Crippen MR) is 89.4 cm³/mol. The molecule has 6 heteroatoms. The lowest BCUT2D eigenvalue weighted by Crippen LogP contribution is -2.53. The van der Waals surface area contributed by atoms with Gasteiger partial charge in [0.05, 0.1) is 6.61 Å². The molecule has 1 aromatic carbocycles. The molecule has 1 aliphatic carbocycles. The minimum atomic E-state index is -0.976. The van der Waals surface area contributed by atoms with Crippen LogP contribution in [0.5, 0.6) is 0 Å². The summed E-state index contributed by atoms with van der Waals surface area (Å²) >= 11 is 0. The van der Waals surface area contributed by atoms with E-state index >= 15 is 0 Å². The molecule has 1 N–H and O–H groups in total. The number of esters is 1. The van der Waals surface area contributed by atoms with Crippen molar-refractivity contribution < 1.29 is 23.1 Å². The average Bonchev–Trinajstić information content (AvgIpc) is 3.26. The highest BCUT2D eigenvalue weighted by Gasteiger charge is 2.44. The zero-order chi connectivity index (χ0) is 17.9. The fourth-order valence-electron chi connectivity index (χ4n) is 3.14. The van der Waals surface area contributed by atoms with Crippen LogP contribution < -0.4 is 5.32 Å². The zero-order valence-corrected chi connectivity index (χ0v) is 14.0. The van der Waals surface area contributed by atoms with Gasteiger partial charge in [-0.1, -0.05) is 12.8 Å². The first kappa shape index (κ1) is 17.2. The van der Waals surface area contributed by atoms with Gasteiger partial charge in [-0.25, -0.2) is 9.18 Å². The smallest absolute Gasteiger partial charge is 0.331 e. The van der Waals surface area contributed by atoms with Crippen molar-refractivity contribution in [3.05, 3.63) is 48.0 Å². The highest BCUT2D eigenvalue weighted by Crippen LogP contribution is 2.32. The number of rotatable bonds is 5. The van der Waals surface area contributed by atoms with Crippen LogP contribution in [-0.4, -0.2) is 24.0 Å². The van der Waals surface area contributed by atoms with Crippen molar-refractivity contribution in [1.29, 1.82) is 0 Å². The van der Waals surface area contributed by atoms with E-state index in [1.54, 1.807) is 31.2 Å². The lowest BCUT2D eigenvalue weighted by molar-refractivity contribution is -0.150. The van der Waals surface area contributed by atoms with Crippen molar-refractivity contribution in [2.45, 2.75) is 38.1 Å². The SMILES string of the molecule is CCOC(=O)C1(NC(=O)c2ccc(-c3ccc(F)cc3)o2)CCCC1. The summed E-state index contributed by atoms with van der Waals surface area (Å²) in [6, 6.07) is 8.99. The summed E-state index contributed by atoms with van der Waals surface area (Å²) in [5.74, 6) is -0.628. The molecule has 0 bridgehead atoms. The number of benzene rings is 1. The van der Waals surface area contributed by atoms with Gasteiger partial charge in [0.15, 0.2) is 5.76 Å². The van der Waals surface area contributed by atoms with Gasteiger partial charge in [0.25, 0.3) is 5.91 Å². The highest BCUT2D eigenvalue weighted by molar-refractivity contribution is 5.96. The molecule has 0 saturated heterocycles. The maximum absolute atomic E-state index is 13.0. The van der Waals surface area contributed by atoms with E-state index in [2.05, 4.69) is 5.32 Å². The Hall–Kier alpha value is -2.63. The fraction of sp³-hybridized carbons (Fsp3) is 0.368. The molecule has 2 aromatic rings.